The molecule has 106 valence electrons. The number of ether oxygens (including phenoxy) is 1. The summed E-state index contributed by atoms with van der Waals surface area (Å²) in [6.45, 7) is 2.04. The van der Waals surface area contributed by atoms with Crippen molar-refractivity contribution in [2.75, 3.05) is 7.11 Å². The highest BCUT2D eigenvalue weighted by Gasteiger charge is 2.17. The Morgan fingerprint density at radius 3 is 2.47 bits per heavy atom. The van der Waals surface area contributed by atoms with E-state index in [0.29, 0.717) is 11.8 Å². The maximum atomic E-state index is 14.0. The molecule has 0 radical (unpaired) electrons. The van der Waals surface area contributed by atoms with E-state index in [9.17, 15) is 4.39 Å². The van der Waals surface area contributed by atoms with E-state index in [1.807, 2.05) is 19.1 Å². The lowest BCUT2D eigenvalue weighted by Gasteiger charge is -2.23. The van der Waals surface area contributed by atoms with Crippen molar-refractivity contribution in [2.24, 2.45) is 0 Å². The number of hydrogen-bond donors (Lipinski definition) is 1. The van der Waals surface area contributed by atoms with Crippen molar-refractivity contribution < 1.29 is 9.13 Å². The number of rotatable bonds is 4. The van der Waals surface area contributed by atoms with Crippen LogP contribution >= 0.6 is 0 Å². The van der Waals surface area contributed by atoms with E-state index in [1.54, 1.807) is 7.11 Å². The Kier molecular flexibility index (Phi) is 5.20. The lowest BCUT2D eigenvalue weighted by molar-refractivity contribution is 0.398. The molecule has 19 heavy (non-hydrogen) atoms. The molecule has 0 amide bonds. The molecule has 1 saturated carbocycles. The summed E-state index contributed by atoms with van der Waals surface area (Å²) in [5.74, 6) is 0.385. The molecule has 0 aromatic heterocycles. The van der Waals surface area contributed by atoms with Crippen molar-refractivity contribution in [1.82, 2.24) is 5.32 Å². The summed E-state index contributed by atoms with van der Waals surface area (Å²) >= 11 is 0. The van der Waals surface area contributed by atoms with Gasteiger partial charge in [-0.3, -0.25) is 0 Å². The second-order valence-electron chi connectivity index (χ2n) is 5.46. The lowest BCUT2D eigenvalue weighted by Crippen LogP contribution is -2.31. The van der Waals surface area contributed by atoms with Crippen LogP contribution in [0.1, 0.15) is 57.1 Å². The predicted octanol–water partition coefficient (Wildman–Crippen LogP) is 4.21. The first-order chi connectivity index (χ1) is 9.20. The summed E-state index contributed by atoms with van der Waals surface area (Å²) in [6.07, 6.45) is 7.67. The molecule has 2 rings (SSSR count). The minimum absolute atomic E-state index is 0.0500. The van der Waals surface area contributed by atoms with Gasteiger partial charge in [0.2, 0.25) is 0 Å². The van der Waals surface area contributed by atoms with Crippen LogP contribution < -0.4 is 10.1 Å². The maximum absolute atomic E-state index is 14.0. The Balaban J connectivity index is 2.00. The van der Waals surface area contributed by atoms with Gasteiger partial charge in [0.15, 0.2) is 0 Å². The van der Waals surface area contributed by atoms with Crippen LogP contribution in [-0.4, -0.2) is 13.2 Å². The van der Waals surface area contributed by atoms with Crippen LogP contribution in [0.5, 0.6) is 5.75 Å². The largest absolute Gasteiger partial charge is 0.497 e. The van der Waals surface area contributed by atoms with Crippen LogP contribution in [0.25, 0.3) is 0 Å². The van der Waals surface area contributed by atoms with E-state index >= 15 is 0 Å². The first-order valence-electron chi connectivity index (χ1n) is 7.30. The predicted molar refractivity (Wildman–Crippen MR) is 76.0 cm³/mol. The van der Waals surface area contributed by atoms with Gasteiger partial charge in [0.1, 0.15) is 11.6 Å². The Morgan fingerprint density at radius 2 is 1.89 bits per heavy atom. The van der Waals surface area contributed by atoms with Gasteiger partial charge in [0, 0.05) is 23.7 Å². The third-order valence-electron chi connectivity index (χ3n) is 4.01. The van der Waals surface area contributed by atoms with Gasteiger partial charge in [-0.2, -0.15) is 0 Å². The molecule has 0 bridgehead atoms. The van der Waals surface area contributed by atoms with E-state index in [0.717, 1.165) is 5.56 Å². The highest BCUT2D eigenvalue weighted by molar-refractivity contribution is 5.30. The van der Waals surface area contributed by atoms with Crippen LogP contribution in [-0.2, 0) is 0 Å². The van der Waals surface area contributed by atoms with Gasteiger partial charge in [-0.25, -0.2) is 4.39 Å². The monoisotopic (exact) mass is 265 g/mol. The van der Waals surface area contributed by atoms with Crippen molar-refractivity contribution in [3.05, 3.63) is 29.6 Å². The summed E-state index contributed by atoms with van der Waals surface area (Å²) in [5.41, 5.74) is 0.727. The number of nitrogens with one attached hydrogen (secondary N) is 1. The van der Waals surface area contributed by atoms with Crippen molar-refractivity contribution in [1.29, 1.82) is 0 Å². The van der Waals surface area contributed by atoms with E-state index in [2.05, 4.69) is 5.32 Å². The molecular weight excluding hydrogens is 241 g/mol. The Morgan fingerprint density at radius 1 is 1.21 bits per heavy atom. The summed E-state index contributed by atoms with van der Waals surface area (Å²) in [6, 6.07) is 5.68. The number of hydrogen-bond acceptors (Lipinski definition) is 2. The number of halogens is 1. The fourth-order valence-corrected chi connectivity index (χ4v) is 2.88. The van der Waals surface area contributed by atoms with Gasteiger partial charge >= 0.3 is 0 Å². The summed E-state index contributed by atoms with van der Waals surface area (Å²) in [4.78, 5) is 0. The average Bonchev–Trinajstić information content (AvgIpc) is 2.67. The van der Waals surface area contributed by atoms with Crippen LogP contribution in [0.2, 0.25) is 0 Å². The molecule has 3 heteroatoms. The smallest absolute Gasteiger partial charge is 0.131 e. The Hall–Kier alpha value is -1.09. The molecule has 1 aromatic carbocycles. The summed E-state index contributed by atoms with van der Waals surface area (Å²) in [5, 5.41) is 3.57. The fourth-order valence-electron chi connectivity index (χ4n) is 2.88. The van der Waals surface area contributed by atoms with Gasteiger partial charge in [0.05, 0.1) is 7.11 Å². The maximum Gasteiger partial charge on any atom is 0.131 e. The zero-order valence-electron chi connectivity index (χ0n) is 11.9. The fraction of sp³-hybridized carbons (Fsp3) is 0.625. The molecule has 0 spiro atoms. The molecule has 1 N–H and O–H groups in total. The average molecular weight is 265 g/mol. The van der Waals surface area contributed by atoms with Gasteiger partial charge in [-0.05, 0) is 25.8 Å². The minimum atomic E-state index is -0.187. The molecule has 1 unspecified atom stereocenters. The third-order valence-corrected chi connectivity index (χ3v) is 4.01. The molecule has 1 aliphatic rings. The molecule has 1 aromatic rings. The van der Waals surface area contributed by atoms with Crippen LogP contribution in [0.15, 0.2) is 18.2 Å². The summed E-state index contributed by atoms with van der Waals surface area (Å²) in [7, 11) is 1.56. The van der Waals surface area contributed by atoms with E-state index in [1.165, 1.54) is 44.6 Å². The molecule has 0 heterocycles. The first kappa shape index (κ1) is 14.3. The van der Waals surface area contributed by atoms with Crippen molar-refractivity contribution in [3.63, 3.8) is 0 Å². The topological polar surface area (TPSA) is 21.3 Å². The molecular formula is C16H24FNO. The standard InChI is InChI=1S/C16H24FNO/c1-12(18-13-7-5-3-4-6-8-13)15-10-9-14(19-2)11-16(15)17/h9-13,18H,3-8H2,1-2H3. The van der Waals surface area contributed by atoms with E-state index in [-0.39, 0.29) is 11.9 Å². The van der Waals surface area contributed by atoms with Crippen molar-refractivity contribution in [3.8, 4) is 5.75 Å². The van der Waals surface area contributed by atoms with Crippen LogP contribution in [0.3, 0.4) is 0 Å². The summed E-state index contributed by atoms with van der Waals surface area (Å²) < 4.78 is 19.0. The van der Waals surface area contributed by atoms with Crippen LogP contribution in [0, 0.1) is 5.82 Å². The zero-order valence-corrected chi connectivity index (χ0v) is 11.9. The Labute approximate surface area is 115 Å². The van der Waals surface area contributed by atoms with Crippen LogP contribution in [0.4, 0.5) is 4.39 Å². The molecule has 1 fully saturated rings. The molecule has 1 atom stereocenters. The van der Waals surface area contributed by atoms with E-state index in [4.69, 9.17) is 4.74 Å². The first-order valence-corrected chi connectivity index (χ1v) is 7.30. The lowest BCUT2D eigenvalue weighted by atomic mass is 10.0. The number of methoxy groups -OCH3 is 1. The Bertz CT molecular complexity index is 400. The third kappa shape index (κ3) is 3.93. The second-order valence-corrected chi connectivity index (χ2v) is 5.46. The molecule has 0 aliphatic heterocycles. The van der Waals surface area contributed by atoms with E-state index < -0.39 is 0 Å². The quantitative estimate of drug-likeness (QED) is 0.823. The van der Waals surface area contributed by atoms with Gasteiger partial charge in [0.25, 0.3) is 0 Å². The molecule has 1 aliphatic carbocycles. The SMILES string of the molecule is COc1ccc(C(C)NC2CCCCCC2)c(F)c1. The van der Waals surface area contributed by atoms with Gasteiger partial charge < -0.3 is 10.1 Å². The van der Waals surface area contributed by atoms with Gasteiger partial charge in [-0.15, -0.1) is 0 Å². The zero-order chi connectivity index (χ0) is 13.7. The minimum Gasteiger partial charge on any atom is -0.497 e. The van der Waals surface area contributed by atoms with Crippen molar-refractivity contribution in [2.45, 2.75) is 57.5 Å². The highest BCUT2D eigenvalue weighted by Crippen LogP contribution is 2.24. The van der Waals surface area contributed by atoms with Gasteiger partial charge in [-0.1, -0.05) is 31.7 Å². The molecule has 2 nitrogen and oxygen atoms in total. The molecule has 0 saturated heterocycles. The second kappa shape index (κ2) is 6.90. The van der Waals surface area contributed by atoms with Crippen molar-refractivity contribution >= 4 is 0 Å². The highest BCUT2D eigenvalue weighted by atomic mass is 19.1. The normalized spacial score (nSPS) is 18.9. The number of benzene rings is 1.